The molecule has 1 amide bonds. The number of methoxy groups -OCH3 is 1. The summed E-state index contributed by atoms with van der Waals surface area (Å²) >= 11 is 0. The van der Waals surface area contributed by atoms with Crippen molar-refractivity contribution in [3.8, 4) is 0 Å². The number of nitrogens with one attached hydrogen (secondary N) is 1. The van der Waals surface area contributed by atoms with E-state index < -0.39 is 0 Å². The van der Waals surface area contributed by atoms with Gasteiger partial charge in [0, 0.05) is 37.5 Å². The zero-order valence-electron chi connectivity index (χ0n) is 12.3. The fraction of sp³-hybridized carbons (Fsp3) is 0.533. The van der Waals surface area contributed by atoms with Gasteiger partial charge in [0.15, 0.2) is 0 Å². The summed E-state index contributed by atoms with van der Waals surface area (Å²) in [6, 6.07) is 7.72. The van der Waals surface area contributed by atoms with E-state index in [1.54, 1.807) is 7.11 Å². The zero-order valence-corrected chi connectivity index (χ0v) is 12.3. The molecule has 0 aliphatic rings. The van der Waals surface area contributed by atoms with Crippen molar-refractivity contribution in [3.63, 3.8) is 0 Å². The van der Waals surface area contributed by atoms with Gasteiger partial charge in [-0.25, -0.2) is 0 Å². The molecule has 0 spiro atoms. The van der Waals surface area contributed by atoms with Crippen molar-refractivity contribution in [1.82, 2.24) is 5.32 Å². The Morgan fingerprint density at radius 1 is 1.26 bits per heavy atom. The molecule has 1 atom stereocenters. The minimum atomic E-state index is -0.0596. The molecule has 4 heteroatoms. The van der Waals surface area contributed by atoms with Crippen LogP contribution in [0.2, 0.25) is 0 Å². The predicted molar refractivity (Wildman–Crippen MR) is 78.8 cm³/mol. The SMILES string of the molecule is CCN(CC)c1ccc(C(=O)NC(C)COC)cc1. The van der Waals surface area contributed by atoms with Gasteiger partial charge in [-0.15, -0.1) is 0 Å². The van der Waals surface area contributed by atoms with Gasteiger partial charge in [0.1, 0.15) is 0 Å². The van der Waals surface area contributed by atoms with E-state index in [0.29, 0.717) is 12.2 Å². The van der Waals surface area contributed by atoms with Crippen LogP contribution < -0.4 is 10.2 Å². The first-order chi connectivity index (χ1) is 9.12. The van der Waals surface area contributed by atoms with Gasteiger partial charge >= 0.3 is 0 Å². The van der Waals surface area contributed by atoms with Crippen LogP contribution in [0.1, 0.15) is 31.1 Å². The lowest BCUT2D eigenvalue weighted by Gasteiger charge is -2.21. The molecule has 4 nitrogen and oxygen atoms in total. The van der Waals surface area contributed by atoms with Crippen LogP contribution in [-0.2, 0) is 4.74 Å². The molecule has 0 aliphatic carbocycles. The van der Waals surface area contributed by atoms with E-state index in [-0.39, 0.29) is 11.9 Å². The monoisotopic (exact) mass is 264 g/mol. The molecule has 0 aliphatic heterocycles. The van der Waals surface area contributed by atoms with Gasteiger partial charge in [-0.1, -0.05) is 0 Å². The number of hydrogen-bond donors (Lipinski definition) is 1. The summed E-state index contributed by atoms with van der Waals surface area (Å²) in [5.41, 5.74) is 1.82. The number of benzene rings is 1. The molecule has 0 bridgehead atoms. The fourth-order valence-electron chi connectivity index (χ4n) is 2.01. The molecule has 0 fully saturated rings. The Hall–Kier alpha value is -1.55. The Bertz CT molecular complexity index is 386. The fourth-order valence-corrected chi connectivity index (χ4v) is 2.01. The van der Waals surface area contributed by atoms with E-state index in [1.165, 1.54) is 0 Å². The van der Waals surface area contributed by atoms with Crippen LogP contribution >= 0.6 is 0 Å². The summed E-state index contributed by atoms with van der Waals surface area (Å²) in [7, 11) is 1.63. The highest BCUT2D eigenvalue weighted by Gasteiger charge is 2.10. The number of carbonyl (C=O) groups is 1. The smallest absolute Gasteiger partial charge is 0.251 e. The number of carbonyl (C=O) groups excluding carboxylic acids is 1. The molecule has 1 aromatic rings. The van der Waals surface area contributed by atoms with E-state index in [2.05, 4.69) is 24.1 Å². The molecule has 0 heterocycles. The molecule has 0 radical (unpaired) electrons. The largest absolute Gasteiger partial charge is 0.383 e. The third-order valence-electron chi connectivity index (χ3n) is 3.05. The topological polar surface area (TPSA) is 41.6 Å². The second kappa shape index (κ2) is 7.79. The Morgan fingerprint density at radius 3 is 2.32 bits per heavy atom. The number of rotatable bonds is 7. The Balaban J connectivity index is 2.67. The molecule has 1 aromatic carbocycles. The van der Waals surface area contributed by atoms with Crippen LogP contribution in [-0.4, -0.2) is 38.8 Å². The Morgan fingerprint density at radius 2 is 1.84 bits per heavy atom. The molecular weight excluding hydrogens is 240 g/mol. The first-order valence-electron chi connectivity index (χ1n) is 6.77. The number of ether oxygens (including phenoxy) is 1. The van der Waals surface area contributed by atoms with Crippen LogP contribution in [0, 0.1) is 0 Å². The summed E-state index contributed by atoms with van der Waals surface area (Å²) in [4.78, 5) is 14.2. The molecule has 1 unspecified atom stereocenters. The van der Waals surface area contributed by atoms with Crippen LogP contribution in [0.25, 0.3) is 0 Å². The molecule has 1 N–H and O–H groups in total. The molecule has 0 saturated carbocycles. The van der Waals surface area contributed by atoms with Crippen molar-refractivity contribution >= 4 is 11.6 Å². The highest BCUT2D eigenvalue weighted by Crippen LogP contribution is 2.14. The first kappa shape index (κ1) is 15.5. The zero-order chi connectivity index (χ0) is 14.3. The van der Waals surface area contributed by atoms with Crippen molar-refractivity contribution in [1.29, 1.82) is 0 Å². The van der Waals surface area contributed by atoms with Gasteiger partial charge in [0.2, 0.25) is 0 Å². The standard InChI is InChI=1S/C15H24N2O2/c1-5-17(6-2)14-9-7-13(8-10-14)15(18)16-12(3)11-19-4/h7-10,12H,5-6,11H2,1-4H3,(H,16,18). The van der Waals surface area contributed by atoms with Crippen molar-refractivity contribution in [2.24, 2.45) is 0 Å². The van der Waals surface area contributed by atoms with E-state index in [1.807, 2.05) is 31.2 Å². The summed E-state index contributed by atoms with van der Waals surface area (Å²) in [6.07, 6.45) is 0. The highest BCUT2D eigenvalue weighted by atomic mass is 16.5. The highest BCUT2D eigenvalue weighted by molar-refractivity contribution is 5.94. The van der Waals surface area contributed by atoms with E-state index in [4.69, 9.17) is 4.74 Å². The summed E-state index contributed by atoms with van der Waals surface area (Å²) in [5.74, 6) is -0.0596. The number of amides is 1. The van der Waals surface area contributed by atoms with Gasteiger partial charge in [-0.2, -0.15) is 0 Å². The van der Waals surface area contributed by atoms with Gasteiger partial charge in [0.25, 0.3) is 5.91 Å². The maximum Gasteiger partial charge on any atom is 0.251 e. The van der Waals surface area contributed by atoms with Crippen molar-refractivity contribution in [3.05, 3.63) is 29.8 Å². The molecule has 1 rings (SSSR count). The lowest BCUT2D eigenvalue weighted by Crippen LogP contribution is -2.35. The van der Waals surface area contributed by atoms with E-state index >= 15 is 0 Å². The summed E-state index contributed by atoms with van der Waals surface area (Å²) in [6.45, 7) is 8.61. The first-order valence-corrected chi connectivity index (χ1v) is 6.77. The van der Waals surface area contributed by atoms with E-state index in [9.17, 15) is 4.79 Å². The minimum absolute atomic E-state index is 0.0139. The maximum atomic E-state index is 12.0. The average molecular weight is 264 g/mol. The van der Waals surface area contributed by atoms with Crippen molar-refractivity contribution in [2.45, 2.75) is 26.8 Å². The number of nitrogens with zero attached hydrogens (tertiary/aromatic N) is 1. The minimum Gasteiger partial charge on any atom is -0.383 e. The van der Waals surface area contributed by atoms with Gasteiger partial charge in [-0.05, 0) is 45.0 Å². The predicted octanol–water partition coefficient (Wildman–Crippen LogP) is 2.30. The molecule has 0 aromatic heterocycles. The van der Waals surface area contributed by atoms with Crippen LogP contribution in [0.15, 0.2) is 24.3 Å². The number of anilines is 1. The third-order valence-corrected chi connectivity index (χ3v) is 3.05. The average Bonchev–Trinajstić information content (AvgIpc) is 2.41. The van der Waals surface area contributed by atoms with Gasteiger partial charge in [0.05, 0.1) is 6.61 Å². The lowest BCUT2D eigenvalue weighted by atomic mass is 10.1. The van der Waals surface area contributed by atoms with Gasteiger partial charge in [-0.3, -0.25) is 4.79 Å². The quantitative estimate of drug-likeness (QED) is 0.821. The second-order valence-electron chi connectivity index (χ2n) is 4.55. The summed E-state index contributed by atoms with van der Waals surface area (Å²) in [5, 5.41) is 2.90. The maximum absolute atomic E-state index is 12.0. The normalized spacial score (nSPS) is 12.0. The molecular formula is C15H24N2O2. The summed E-state index contributed by atoms with van der Waals surface area (Å²) < 4.78 is 5.00. The van der Waals surface area contributed by atoms with Crippen molar-refractivity contribution in [2.75, 3.05) is 31.7 Å². The molecule has 106 valence electrons. The van der Waals surface area contributed by atoms with Crippen LogP contribution in [0.4, 0.5) is 5.69 Å². The second-order valence-corrected chi connectivity index (χ2v) is 4.55. The van der Waals surface area contributed by atoms with Crippen molar-refractivity contribution < 1.29 is 9.53 Å². The third kappa shape index (κ3) is 4.56. The lowest BCUT2D eigenvalue weighted by molar-refractivity contribution is 0.0905. The van der Waals surface area contributed by atoms with Crippen LogP contribution in [0.5, 0.6) is 0 Å². The Kier molecular flexibility index (Phi) is 6.36. The van der Waals surface area contributed by atoms with E-state index in [0.717, 1.165) is 18.8 Å². The number of hydrogen-bond acceptors (Lipinski definition) is 3. The van der Waals surface area contributed by atoms with Gasteiger partial charge < -0.3 is 15.0 Å². The molecule has 0 saturated heterocycles. The Labute approximate surface area is 115 Å². The molecule has 19 heavy (non-hydrogen) atoms. The van der Waals surface area contributed by atoms with Crippen LogP contribution in [0.3, 0.4) is 0 Å².